The standard InChI is InChI=1S/C12H15BrN2O3/c1-7(2)14-12(17)15-8-4-5-10(13)9(6-8)11(16)18-3/h4-7H,1-3H3,(H2,14,15,17). The Morgan fingerprint density at radius 2 is 2.00 bits per heavy atom. The number of methoxy groups -OCH3 is 1. The third kappa shape index (κ3) is 4.03. The SMILES string of the molecule is COC(=O)c1cc(NC(=O)NC(C)C)ccc1Br. The van der Waals surface area contributed by atoms with Crippen LogP contribution in [-0.4, -0.2) is 25.2 Å². The number of esters is 1. The van der Waals surface area contributed by atoms with Gasteiger partial charge in [0.25, 0.3) is 0 Å². The third-order valence-corrected chi connectivity index (χ3v) is 2.74. The van der Waals surface area contributed by atoms with Crippen LogP contribution in [0.1, 0.15) is 24.2 Å². The molecule has 0 bridgehead atoms. The van der Waals surface area contributed by atoms with Gasteiger partial charge in [0.15, 0.2) is 0 Å². The van der Waals surface area contributed by atoms with Crippen LogP contribution in [0.15, 0.2) is 22.7 Å². The fourth-order valence-electron chi connectivity index (χ4n) is 1.30. The van der Waals surface area contributed by atoms with Gasteiger partial charge >= 0.3 is 12.0 Å². The Morgan fingerprint density at radius 1 is 1.33 bits per heavy atom. The van der Waals surface area contributed by atoms with Crippen molar-refractivity contribution in [2.45, 2.75) is 19.9 Å². The normalized spacial score (nSPS) is 10.1. The maximum absolute atomic E-state index is 11.5. The number of nitrogens with one attached hydrogen (secondary N) is 2. The molecule has 0 heterocycles. The van der Waals surface area contributed by atoms with E-state index in [1.807, 2.05) is 13.8 Å². The maximum Gasteiger partial charge on any atom is 0.339 e. The molecule has 0 aliphatic rings. The molecule has 0 saturated heterocycles. The van der Waals surface area contributed by atoms with Gasteiger partial charge in [-0.1, -0.05) is 0 Å². The van der Waals surface area contributed by atoms with Crippen molar-refractivity contribution in [1.82, 2.24) is 5.32 Å². The zero-order chi connectivity index (χ0) is 13.7. The van der Waals surface area contributed by atoms with Crippen LogP contribution in [0, 0.1) is 0 Å². The molecule has 1 rings (SSSR count). The number of anilines is 1. The van der Waals surface area contributed by atoms with Gasteiger partial charge in [-0.05, 0) is 48.0 Å². The molecule has 0 unspecified atom stereocenters. The number of halogens is 1. The molecule has 2 amide bonds. The lowest BCUT2D eigenvalue weighted by Crippen LogP contribution is -2.34. The van der Waals surface area contributed by atoms with Gasteiger partial charge in [-0.15, -0.1) is 0 Å². The lowest BCUT2D eigenvalue weighted by Gasteiger charge is -2.11. The molecule has 2 N–H and O–H groups in total. The van der Waals surface area contributed by atoms with Crippen molar-refractivity contribution in [2.24, 2.45) is 0 Å². The van der Waals surface area contributed by atoms with Crippen LogP contribution in [-0.2, 0) is 4.74 Å². The van der Waals surface area contributed by atoms with E-state index in [1.165, 1.54) is 7.11 Å². The van der Waals surface area contributed by atoms with Crippen molar-refractivity contribution in [3.63, 3.8) is 0 Å². The second-order valence-corrected chi connectivity index (χ2v) is 4.79. The minimum Gasteiger partial charge on any atom is -0.465 e. The number of carbonyl (C=O) groups excluding carboxylic acids is 2. The Hall–Kier alpha value is -1.56. The van der Waals surface area contributed by atoms with Gasteiger partial charge in [0, 0.05) is 16.2 Å². The van der Waals surface area contributed by atoms with Crippen molar-refractivity contribution in [2.75, 3.05) is 12.4 Å². The topological polar surface area (TPSA) is 67.4 Å². The lowest BCUT2D eigenvalue weighted by atomic mass is 10.2. The van der Waals surface area contributed by atoms with Gasteiger partial charge < -0.3 is 15.4 Å². The molecule has 0 radical (unpaired) electrons. The number of benzene rings is 1. The van der Waals surface area contributed by atoms with Crippen LogP contribution >= 0.6 is 15.9 Å². The van der Waals surface area contributed by atoms with Crippen molar-refractivity contribution in [3.05, 3.63) is 28.2 Å². The zero-order valence-electron chi connectivity index (χ0n) is 10.4. The average molecular weight is 315 g/mol. The Balaban J connectivity index is 2.85. The Bertz CT molecular complexity index is 461. The highest BCUT2D eigenvalue weighted by atomic mass is 79.9. The fraction of sp³-hybridized carbons (Fsp3) is 0.333. The summed E-state index contributed by atoms with van der Waals surface area (Å²) in [5.41, 5.74) is 0.886. The van der Waals surface area contributed by atoms with Gasteiger partial charge in [0.05, 0.1) is 12.7 Å². The Labute approximate surface area is 114 Å². The summed E-state index contributed by atoms with van der Waals surface area (Å²) >= 11 is 3.25. The molecule has 0 atom stereocenters. The minimum atomic E-state index is -0.463. The van der Waals surface area contributed by atoms with E-state index >= 15 is 0 Å². The summed E-state index contributed by atoms with van der Waals surface area (Å²) in [5.74, 6) is -0.463. The molecule has 18 heavy (non-hydrogen) atoms. The molecule has 0 aliphatic carbocycles. The van der Waals surface area contributed by atoms with Crippen molar-refractivity contribution in [3.8, 4) is 0 Å². The molecule has 0 saturated carbocycles. The van der Waals surface area contributed by atoms with Crippen LogP contribution in [0.3, 0.4) is 0 Å². The van der Waals surface area contributed by atoms with Gasteiger partial charge in [-0.2, -0.15) is 0 Å². The number of carbonyl (C=O) groups is 2. The smallest absolute Gasteiger partial charge is 0.339 e. The van der Waals surface area contributed by atoms with Crippen molar-refractivity contribution in [1.29, 1.82) is 0 Å². The molecule has 0 fully saturated rings. The predicted octanol–water partition coefficient (Wildman–Crippen LogP) is 2.77. The molecule has 5 nitrogen and oxygen atoms in total. The van der Waals surface area contributed by atoms with Crippen LogP contribution in [0.5, 0.6) is 0 Å². The van der Waals surface area contributed by atoms with Gasteiger partial charge in [-0.25, -0.2) is 9.59 Å². The molecular formula is C12H15BrN2O3. The predicted molar refractivity (Wildman–Crippen MR) is 72.8 cm³/mol. The zero-order valence-corrected chi connectivity index (χ0v) is 12.0. The van der Waals surface area contributed by atoms with Crippen LogP contribution < -0.4 is 10.6 Å². The first-order valence-corrected chi connectivity index (χ1v) is 6.18. The molecular weight excluding hydrogens is 300 g/mol. The summed E-state index contributed by atoms with van der Waals surface area (Å²) in [6.45, 7) is 3.72. The number of rotatable bonds is 3. The first-order valence-electron chi connectivity index (χ1n) is 5.39. The monoisotopic (exact) mass is 314 g/mol. The summed E-state index contributed by atoms with van der Waals surface area (Å²) in [4.78, 5) is 23.0. The second-order valence-electron chi connectivity index (χ2n) is 3.94. The van der Waals surface area contributed by atoms with Crippen LogP contribution in [0.4, 0.5) is 10.5 Å². The highest BCUT2D eigenvalue weighted by Gasteiger charge is 2.12. The summed E-state index contributed by atoms with van der Waals surface area (Å²) in [7, 11) is 1.31. The number of hydrogen-bond acceptors (Lipinski definition) is 3. The number of amides is 2. The molecule has 98 valence electrons. The Kier molecular flexibility index (Phi) is 5.15. The van der Waals surface area contributed by atoms with E-state index in [0.29, 0.717) is 15.7 Å². The van der Waals surface area contributed by atoms with E-state index in [4.69, 9.17) is 0 Å². The van der Waals surface area contributed by atoms with E-state index in [1.54, 1.807) is 18.2 Å². The quantitative estimate of drug-likeness (QED) is 0.843. The maximum atomic E-state index is 11.5. The highest BCUT2D eigenvalue weighted by molar-refractivity contribution is 9.10. The van der Waals surface area contributed by atoms with Crippen molar-refractivity contribution < 1.29 is 14.3 Å². The van der Waals surface area contributed by atoms with Crippen LogP contribution in [0.2, 0.25) is 0 Å². The first-order chi connectivity index (χ1) is 8.43. The van der Waals surface area contributed by atoms with Crippen LogP contribution in [0.25, 0.3) is 0 Å². The Morgan fingerprint density at radius 3 is 2.56 bits per heavy atom. The molecule has 0 aromatic heterocycles. The van der Waals surface area contributed by atoms with Gasteiger partial charge in [-0.3, -0.25) is 0 Å². The molecule has 0 spiro atoms. The number of ether oxygens (including phenoxy) is 1. The van der Waals surface area contributed by atoms with Crippen molar-refractivity contribution >= 4 is 33.6 Å². The largest absolute Gasteiger partial charge is 0.465 e. The number of hydrogen-bond donors (Lipinski definition) is 2. The molecule has 0 aliphatic heterocycles. The highest BCUT2D eigenvalue weighted by Crippen LogP contribution is 2.21. The lowest BCUT2D eigenvalue weighted by molar-refractivity contribution is 0.0599. The molecule has 1 aromatic rings. The van der Waals surface area contributed by atoms with E-state index in [9.17, 15) is 9.59 Å². The summed E-state index contributed by atoms with van der Waals surface area (Å²) in [6, 6.07) is 4.65. The number of urea groups is 1. The van der Waals surface area contributed by atoms with E-state index in [0.717, 1.165) is 0 Å². The third-order valence-electron chi connectivity index (χ3n) is 2.05. The average Bonchev–Trinajstić information content (AvgIpc) is 2.29. The fourth-order valence-corrected chi connectivity index (χ4v) is 1.71. The van der Waals surface area contributed by atoms with E-state index in [2.05, 4.69) is 31.3 Å². The summed E-state index contributed by atoms with van der Waals surface area (Å²) < 4.78 is 5.26. The second kappa shape index (κ2) is 6.39. The first kappa shape index (κ1) is 14.5. The molecule has 6 heteroatoms. The van der Waals surface area contributed by atoms with E-state index < -0.39 is 5.97 Å². The molecule has 1 aromatic carbocycles. The van der Waals surface area contributed by atoms with E-state index in [-0.39, 0.29) is 12.1 Å². The van der Waals surface area contributed by atoms with Gasteiger partial charge in [0.2, 0.25) is 0 Å². The summed E-state index contributed by atoms with van der Waals surface area (Å²) in [5, 5.41) is 5.33. The minimum absolute atomic E-state index is 0.0422. The summed E-state index contributed by atoms with van der Waals surface area (Å²) in [6.07, 6.45) is 0. The van der Waals surface area contributed by atoms with Gasteiger partial charge in [0.1, 0.15) is 0 Å².